The summed E-state index contributed by atoms with van der Waals surface area (Å²) in [6, 6.07) is 9.84. The highest BCUT2D eigenvalue weighted by Crippen LogP contribution is 2.06. The maximum Gasteiger partial charge on any atom is 0.407 e. The van der Waals surface area contributed by atoms with E-state index in [0.29, 0.717) is 43.5 Å². The average molecular weight is 411 g/mol. The first-order valence-corrected chi connectivity index (χ1v) is 11.2. The van der Waals surface area contributed by atoms with Crippen LogP contribution < -0.4 is 16.0 Å². The minimum atomic E-state index is -0.921. The van der Waals surface area contributed by atoms with E-state index in [-0.39, 0.29) is 0 Å². The molecule has 3 N–H and O–H groups in total. The Labute approximate surface area is 171 Å². The van der Waals surface area contributed by atoms with Gasteiger partial charge in [-0.3, -0.25) is 9.20 Å². The molecule has 1 unspecified atom stereocenters. The molecule has 0 saturated heterocycles. The number of carbonyl (C=O) groups is 1. The molecule has 28 heavy (non-hydrogen) atoms. The largest absolute Gasteiger partial charge is 0.444 e. The number of hydrogen-bond acceptors (Lipinski definition) is 4. The van der Waals surface area contributed by atoms with Crippen molar-refractivity contribution in [2.45, 2.75) is 45.5 Å². The molecule has 7 nitrogen and oxygen atoms in total. The third-order valence-electron chi connectivity index (χ3n) is 3.41. The molecule has 1 aromatic rings. The molecule has 0 spiro atoms. The Morgan fingerprint density at radius 1 is 1.11 bits per heavy atom. The van der Waals surface area contributed by atoms with Crippen LogP contribution in [0.3, 0.4) is 0 Å². The molecule has 0 aromatic heterocycles. The van der Waals surface area contributed by atoms with Crippen LogP contribution in [0.5, 0.6) is 0 Å². The van der Waals surface area contributed by atoms with Crippen LogP contribution in [0.4, 0.5) is 4.79 Å². The van der Waals surface area contributed by atoms with Gasteiger partial charge >= 0.3 is 6.09 Å². The maximum absolute atomic E-state index is 12.2. The van der Waals surface area contributed by atoms with E-state index in [4.69, 9.17) is 4.74 Å². The van der Waals surface area contributed by atoms with Gasteiger partial charge in [-0.25, -0.2) is 4.79 Å². The van der Waals surface area contributed by atoms with Gasteiger partial charge in [-0.05, 0) is 39.7 Å². The molecule has 1 atom stereocenters. The third kappa shape index (κ3) is 12.3. The second-order valence-electron chi connectivity index (χ2n) is 7.24. The van der Waals surface area contributed by atoms with Gasteiger partial charge < -0.3 is 20.7 Å². The van der Waals surface area contributed by atoms with E-state index in [1.807, 2.05) is 58.0 Å². The topological polar surface area (TPSA) is 91.8 Å². The van der Waals surface area contributed by atoms with Gasteiger partial charge in [-0.2, -0.15) is 0 Å². The van der Waals surface area contributed by atoms with Gasteiger partial charge in [0.15, 0.2) is 5.96 Å². The van der Waals surface area contributed by atoms with E-state index in [9.17, 15) is 9.00 Å². The molecule has 8 heteroatoms. The lowest BCUT2D eigenvalue weighted by molar-refractivity contribution is 0.0527. The Bertz CT molecular complexity index is 630. The number of nitrogens with zero attached hydrogens (tertiary/aromatic N) is 1. The number of ether oxygens (including phenoxy) is 1. The second kappa shape index (κ2) is 13.1. The molecule has 1 amide bonds. The Morgan fingerprint density at radius 2 is 1.82 bits per heavy atom. The van der Waals surface area contributed by atoms with Crippen LogP contribution in [0, 0.1) is 0 Å². The molecule has 1 rings (SSSR count). The highest BCUT2D eigenvalue weighted by molar-refractivity contribution is 7.84. The van der Waals surface area contributed by atoms with Crippen LogP contribution in [0.1, 0.15) is 39.7 Å². The summed E-state index contributed by atoms with van der Waals surface area (Å²) >= 11 is 0. The zero-order valence-electron chi connectivity index (χ0n) is 17.4. The van der Waals surface area contributed by atoms with Crippen LogP contribution in [-0.2, 0) is 21.3 Å². The van der Waals surface area contributed by atoms with Crippen molar-refractivity contribution in [2.75, 3.05) is 31.9 Å². The fourth-order valence-corrected chi connectivity index (χ4v) is 3.27. The number of hydrogen-bond donors (Lipinski definition) is 3. The quantitative estimate of drug-likeness (QED) is 0.313. The molecule has 0 saturated carbocycles. The molecular weight excluding hydrogens is 376 g/mol. The predicted molar refractivity (Wildman–Crippen MR) is 116 cm³/mol. The lowest BCUT2D eigenvalue weighted by Gasteiger charge is -2.19. The van der Waals surface area contributed by atoms with Crippen molar-refractivity contribution in [3.8, 4) is 0 Å². The standard InChI is InChI=1S/C20H34N4O3S/c1-5-21-18(22-12-9-13-24-19(25)27-20(2,3)4)23-14-15-28(26)16-17-10-7-6-8-11-17/h6-8,10-11H,5,9,12-16H2,1-4H3,(H,24,25)(H2,21,22,23). The molecule has 0 aliphatic heterocycles. The number of guanidine groups is 1. The molecular formula is C20H34N4O3S. The first-order chi connectivity index (χ1) is 13.3. The van der Waals surface area contributed by atoms with Crippen LogP contribution in [-0.4, -0.2) is 53.8 Å². The summed E-state index contributed by atoms with van der Waals surface area (Å²) in [6.45, 7) is 9.89. The molecule has 0 fully saturated rings. The van der Waals surface area contributed by atoms with E-state index in [1.165, 1.54) is 0 Å². The molecule has 158 valence electrons. The third-order valence-corrected chi connectivity index (χ3v) is 4.72. The van der Waals surface area contributed by atoms with Crippen molar-refractivity contribution < 1.29 is 13.7 Å². The van der Waals surface area contributed by atoms with Gasteiger partial charge in [0.05, 0.1) is 0 Å². The van der Waals surface area contributed by atoms with Crippen molar-refractivity contribution >= 4 is 22.9 Å². The Morgan fingerprint density at radius 3 is 2.46 bits per heavy atom. The summed E-state index contributed by atoms with van der Waals surface area (Å²) < 4.78 is 17.4. The zero-order valence-corrected chi connectivity index (χ0v) is 18.2. The van der Waals surface area contributed by atoms with Crippen molar-refractivity contribution in [1.29, 1.82) is 0 Å². The molecule has 1 aromatic carbocycles. The Kier molecular flexibility index (Phi) is 11.2. The van der Waals surface area contributed by atoms with E-state index >= 15 is 0 Å². The normalized spacial score (nSPS) is 12.9. The van der Waals surface area contributed by atoms with Gasteiger partial charge in [0.1, 0.15) is 5.60 Å². The van der Waals surface area contributed by atoms with Crippen LogP contribution in [0.15, 0.2) is 35.3 Å². The number of rotatable bonds is 10. The number of alkyl carbamates (subject to hydrolysis) is 1. The molecule has 0 heterocycles. The Balaban J connectivity index is 2.26. The van der Waals surface area contributed by atoms with E-state index in [1.54, 1.807) is 0 Å². The lowest BCUT2D eigenvalue weighted by atomic mass is 10.2. The van der Waals surface area contributed by atoms with Crippen molar-refractivity contribution in [3.63, 3.8) is 0 Å². The maximum atomic E-state index is 12.2. The summed E-state index contributed by atoms with van der Waals surface area (Å²) in [6.07, 6.45) is 0.290. The fourth-order valence-electron chi connectivity index (χ4n) is 2.23. The van der Waals surface area contributed by atoms with E-state index < -0.39 is 22.5 Å². The summed E-state index contributed by atoms with van der Waals surface area (Å²) in [5, 5.41) is 9.08. The van der Waals surface area contributed by atoms with Gasteiger partial charge in [0, 0.05) is 48.5 Å². The van der Waals surface area contributed by atoms with Crippen LogP contribution >= 0.6 is 0 Å². The van der Waals surface area contributed by atoms with Crippen molar-refractivity contribution in [1.82, 2.24) is 16.0 Å². The van der Waals surface area contributed by atoms with Gasteiger partial charge in [0.2, 0.25) is 0 Å². The molecule has 0 aliphatic rings. The smallest absolute Gasteiger partial charge is 0.407 e. The Hall–Kier alpha value is -2.09. The van der Waals surface area contributed by atoms with Crippen LogP contribution in [0.25, 0.3) is 0 Å². The van der Waals surface area contributed by atoms with E-state index in [0.717, 1.165) is 12.1 Å². The SMILES string of the molecule is CCNC(=NCCCNC(=O)OC(C)(C)C)NCCS(=O)Cc1ccccc1. The highest BCUT2D eigenvalue weighted by atomic mass is 32.2. The summed E-state index contributed by atoms with van der Waals surface area (Å²) in [5.41, 5.74) is 0.587. The number of amides is 1. The predicted octanol–water partition coefficient (Wildman–Crippen LogP) is 2.41. The van der Waals surface area contributed by atoms with Gasteiger partial charge in [-0.15, -0.1) is 0 Å². The molecule has 0 bridgehead atoms. The van der Waals surface area contributed by atoms with Crippen LogP contribution in [0.2, 0.25) is 0 Å². The number of benzene rings is 1. The second-order valence-corrected chi connectivity index (χ2v) is 8.82. The lowest BCUT2D eigenvalue weighted by Crippen LogP contribution is -2.39. The van der Waals surface area contributed by atoms with Gasteiger partial charge in [-0.1, -0.05) is 30.3 Å². The first-order valence-electron chi connectivity index (χ1n) is 9.68. The molecule has 0 radical (unpaired) electrons. The molecule has 0 aliphatic carbocycles. The van der Waals surface area contributed by atoms with Crippen molar-refractivity contribution in [3.05, 3.63) is 35.9 Å². The zero-order chi connectivity index (χ0) is 20.8. The van der Waals surface area contributed by atoms with E-state index in [2.05, 4.69) is 20.9 Å². The minimum absolute atomic E-state index is 0.414. The summed E-state index contributed by atoms with van der Waals surface area (Å²) in [4.78, 5) is 16.0. The summed E-state index contributed by atoms with van der Waals surface area (Å²) in [5.74, 6) is 1.81. The highest BCUT2D eigenvalue weighted by Gasteiger charge is 2.15. The minimum Gasteiger partial charge on any atom is -0.444 e. The van der Waals surface area contributed by atoms with Gasteiger partial charge in [0.25, 0.3) is 0 Å². The number of nitrogens with one attached hydrogen (secondary N) is 3. The monoisotopic (exact) mass is 410 g/mol. The van der Waals surface area contributed by atoms with Crippen molar-refractivity contribution in [2.24, 2.45) is 4.99 Å². The summed E-state index contributed by atoms with van der Waals surface area (Å²) in [7, 11) is -0.921. The number of carbonyl (C=O) groups excluding carboxylic acids is 1. The number of aliphatic imine (C=N–C) groups is 1. The fraction of sp³-hybridized carbons (Fsp3) is 0.600. The average Bonchev–Trinajstić information content (AvgIpc) is 2.60. The first kappa shape index (κ1) is 23.9.